The van der Waals surface area contributed by atoms with Gasteiger partial charge >= 0.3 is 0 Å². The number of nitrogens with one attached hydrogen (secondary N) is 1. The molecule has 0 unspecified atom stereocenters. The van der Waals surface area contributed by atoms with Crippen LogP contribution in [0.25, 0.3) is 11.0 Å². The van der Waals surface area contributed by atoms with Gasteiger partial charge in [-0.05, 0) is 42.9 Å². The van der Waals surface area contributed by atoms with Gasteiger partial charge in [0.1, 0.15) is 17.3 Å². The van der Waals surface area contributed by atoms with E-state index in [2.05, 4.69) is 22.2 Å². The lowest BCUT2D eigenvalue weighted by Gasteiger charge is -2.17. The van der Waals surface area contributed by atoms with Crippen LogP contribution in [0.3, 0.4) is 0 Å². The van der Waals surface area contributed by atoms with Gasteiger partial charge in [-0.2, -0.15) is 5.10 Å². The standard InChI is InChI=1S/C26H28N6O2S/c1-2-35-26-29-23(31-15-8-9-16-31)21-18-28-32(24(21)30-26)17-14-27-25(33)20-12-6-7-13-22(20)34-19-10-4-3-5-11-19/h3-7,10-13,18H,2,8-9,14-17H2,1H3,(H,27,33). The lowest BCUT2D eigenvalue weighted by Crippen LogP contribution is -2.28. The normalized spacial score (nSPS) is 13.3. The van der Waals surface area contributed by atoms with Gasteiger partial charge in [-0.25, -0.2) is 14.6 Å². The molecule has 0 radical (unpaired) electrons. The van der Waals surface area contributed by atoms with Gasteiger partial charge in [0.2, 0.25) is 0 Å². The number of carbonyl (C=O) groups is 1. The lowest BCUT2D eigenvalue weighted by atomic mass is 10.2. The largest absolute Gasteiger partial charge is 0.457 e. The number of amides is 1. The van der Waals surface area contributed by atoms with Crippen molar-refractivity contribution in [3.05, 3.63) is 66.4 Å². The van der Waals surface area contributed by atoms with Crippen molar-refractivity contribution < 1.29 is 9.53 Å². The Kier molecular flexibility index (Phi) is 7.13. The third kappa shape index (κ3) is 5.24. The lowest BCUT2D eigenvalue weighted by molar-refractivity contribution is 0.0949. The van der Waals surface area contributed by atoms with Crippen molar-refractivity contribution in [2.45, 2.75) is 31.5 Å². The van der Waals surface area contributed by atoms with Crippen molar-refractivity contribution in [2.75, 3.05) is 30.3 Å². The highest BCUT2D eigenvalue weighted by Crippen LogP contribution is 2.29. The molecule has 2 aromatic heterocycles. The molecule has 1 aliphatic rings. The van der Waals surface area contributed by atoms with Crippen LogP contribution >= 0.6 is 11.8 Å². The summed E-state index contributed by atoms with van der Waals surface area (Å²) in [5.41, 5.74) is 1.29. The molecular weight excluding hydrogens is 460 g/mol. The second-order valence-electron chi connectivity index (χ2n) is 8.23. The topological polar surface area (TPSA) is 85.2 Å². The summed E-state index contributed by atoms with van der Waals surface area (Å²) in [6.07, 6.45) is 4.20. The number of hydrogen-bond donors (Lipinski definition) is 1. The minimum Gasteiger partial charge on any atom is -0.457 e. The van der Waals surface area contributed by atoms with Crippen molar-refractivity contribution >= 4 is 34.5 Å². The smallest absolute Gasteiger partial charge is 0.255 e. The molecule has 1 amide bonds. The zero-order chi connectivity index (χ0) is 24.0. The zero-order valence-electron chi connectivity index (χ0n) is 19.7. The summed E-state index contributed by atoms with van der Waals surface area (Å²) in [5, 5.41) is 9.29. The molecule has 0 aliphatic carbocycles. The Morgan fingerprint density at radius 1 is 1.06 bits per heavy atom. The molecule has 8 nitrogen and oxygen atoms in total. The number of thioether (sulfide) groups is 1. The van der Waals surface area contributed by atoms with E-state index < -0.39 is 0 Å². The van der Waals surface area contributed by atoms with E-state index in [0.29, 0.717) is 30.2 Å². The molecule has 35 heavy (non-hydrogen) atoms. The van der Waals surface area contributed by atoms with Crippen molar-refractivity contribution in [3.8, 4) is 11.5 Å². The van der Waals surface area contributed by atoms with Gasteiger partial charge in [-0.15, -0.1) is 0 Å². The average Bonchev–Trinajstić information content (AvgIpc) is 3.56. The third-order valence-corrected chi connectivity index (χ3v) is 6.58. The third-order valence-electron chi connectivity index (χ3n) is 5.85. The molecule has 1 aliphatic heterocycles. The van der Waals surface area contributed by atoms with Crippen LogP contribution in [-0.4, -0.2) is 51.0 Å². The van der Waals surface area contributed by atoms with Gasteiger partial charge in [0, 0.05) is 19.6 Å². The van der Waals surface area contributed by atoms with Crippen molar-refractivity contribution in [1.82, 2.24) is 25.1 Å². The summed E-state index contributed by atoms with van der Waals surface area (Å²) in [6.45, 7) is 5.03. The molecule has 0 bridgehead atoms. The van der Waals surface area contributed by atoms with Crippen LogP contribution in [0.4, 0.5) is 5.82 Å². The van der Waals surface area contributed by atoms with Crippen LogP contribution in [0.1, 0.15) is 30.1 Å². The molecule has 4 aromatic rings. The van der Waals surface area contributed by atoms with E-state index in [-0.39, 0.29) is 5.91 Å². The number of aromatic nitrogens is 4. The number of benzene rings is 2. The van der Waals surface area contributed by atoms with E-state index in [1.54, 1.807) is 23.9 Å². The summed E-state index contributed by atoms with van der Waals surface area (Å²) >= 11 is 1.63. The predicted octanol–water partition coefficient (Wildman–Crippen LogP) is 4.76. The first-order chi connectivity index (χ1) is 17.2. The fraction of sp³-hybridized carbons (Fsp3) is 0.308. The molecule has 1 fully saturated rings. The molecule has 3 heterocycles. The Bertz CT molecular complexity index is 1300. The van der Waals surface area contributed by atoms with Gasteiger partial charge < -0.3 is 15.0 Å². The highest BCUT2D eigenvalue weighted by molar-refractivity contribution is 7.99. The molecule has 5 rings (SSSR count). The Balaban J connectivity index is 1.30. The van der Waals surface area contributed by atoms with Gasteiger partial charge in [-0.3, -0.25) is 4.79 Å². The second kappa shape index (κ2) is 10.8. The first kappa shape index (κ1) is 23.2. The minimum atomic E-state index is -0.192. The average molecular weight is 489 g/mol. The van der Waals surface area contributed by atoms with Gasteiger partial charge in [0.05, 0.1) is 23.7 Å². The summed E-state index contributed by atoms with van der Waals surface area (Å²) in [7, 11) is 0. The molecule has 0 atom stereocenters. The highest BCUT2D eigenvalue weighted by atomic mass is 32.2. The summed E-state index contributed by atoms with van der Waals surface area (Å²) < 4.78 is 7.79. The number of fused-ring (bicyclic) bond motifs is 1. The van der Waals surface area contributed by atoms with Crippen LogP contribution in [0.5, 0.6) is 11.5 Å². The predicted molar refractivity (Wildman–Crippen MR) is 138 cm³/mol. The van der Waals surface area contributed by atoms with Crippen LogP contribution in [0.15, 0.2) is 66.0 Å². The number of ether oxygens (including phenoxy) is 1. The maximum Gasteiger partial charge on any atom is 0.255 e. The summed E-state index contributed by atoms with van der Waals surface area (Å²) in [6, 6.07) is 16.7. The van der Waals surface area contributed by atoms with Gasteiger partial charge in [0.25, 0.3) is 5.91 Å². The second-order valence-corrected chi connectivity index (χ2v) is 9.46. The number of hydrogen-bond acceptors (Lipinski definition) is 7. The first-order valence-electron chi connectivity index (χ1n) is 11.9. The SMILES string of the molecule is CCSc1nc(N2CCCC2)c2cnn(CCNC(=O)c3ccccc3Oc3ccccc3)c2n1. The van der Waals surface area contributed by atoms with Crippen molar-refractivity contribution in [1.29, 1.82) is 0 Å². The Labute approximate surface area is 208 Å². The van der Waals surface area contributed by atoms with Crippen LogP contribution < -0.4 is 15.0 Å². The maximum atomic E-state index is 13.0. The van der Waals surface area contributed by atoms with E-state index >= 15 is 0 Å². The molecule has 1 saturated heterocycles. The van der Waals surface area contributed by atoms with Crippen molar-refractivity contribution in [2.24, 2.45) is 0 Å². The summed E-state index contributed by atoms with van der Waals surface area (Å²) in [5.74, 6) is 2.88. The molecule has 180 valence electrons. The van der Waals surface area contributed by atoms with Crippen LogP contribution in [0.2, 0.25) is 0 Å². The Hall–Kier alpha value is -3.59. The van der Waals surface area contributed by atoms with E-state index in [1.807, 2.05) is 53.3 Å². The van der Waals surface area contributed by atoms with Crippen molar-refractivity contribution in [3.63, 3.8) is 0 Å². The number of anilines is 1. The monoisotopic (exact) mass is 488 g/mol. The number of carbonyl (C=O) groups excluding carboxylic acids is 1. The molecule has 1 N–H and O–H groups in total. The highest BCUT2D eigenvalue weighted by Gasteiger charge is 2.21. The zero-order valence-corrected chi connectivity index (χ0v) is 20.5. The molecule has 2 aromatic carbocycles. The number of nitrogens with zero attached hydrogens (tertiary/aromatic N) is 5. The Morgan fingerprint density at radius 3 is 2.63 bits per heavy atom. The Morgan fingerprint density at radius 2 is 1.83 bits per heavy atom. The first-order valence-corrected chi connectivity index (χ1v) is 12.9. The fourth-order valence-electron chi connectivity index (χ4n) is 4.18. The summed E-state index contributed by atoms with van der Waals surface area (Å²) in [4.78, 5) is 24.9. The molecule has 0 spiro atoms. The molecule has 0 saturated carbocycles. The van der Waals surface area contributed by atoms with E-state index in [4.69, 9.17) is 14.7 Å². The fourth-order valence-corrected chi connectivity index (χ4v) is 4.74. The van der Waals surface area contributed by atoms with Crippen LogP contribution in [-0.2, 0) is 6.54 Å². The van der Waals surface area contributed by atoms with E-state index in [1.165, 1.54) is 12.8 Å². The van der Waals surface area contributed by atoms with Gasteiger partial charge in [-0.1, -0.05) is 49.0 Å². The number of rotatable bonds is 9. The van der Waals surface area contributed by atoms with E-state index in [9.17, 15) is 4.79 Å². The van der Waals surface area contributed by atoms with Crippen LogP contribution in [0, 0.1) is 0 Å². The molecule has 9 heteroatoms. The minimum absolute atomic E-state index is 0.192. The van der Waals surface area contributed by atoms with Gasteiger partial charge in [0.15, 0.2) is 10.8 Å². The quantitative estimate of drug-likeness (QED) is 0.269. The van der Waals surface area contributed by atoms with E-state index in [0.717, 1.165) is 40.9 Å². The molecular formula is C26H28N6O2S. The number of para-hydroxylation sites is 2. The maximum absolute atomic E-state index is 13.0.